The van der Waals surface area contributed by atoms with Gasteiger partial charge in [-0.1, -0.05) is 80.6 Å². The van der Waals surface area contributed by atoms with Crippen LogP contribution in [0.2, 0.25) is 0 Å². The van der Waals surface area contributed by atoms with Gasteiger partial charge in [0.1, 0.15) is 29.5 Å². The quantitative estimate of drug-likeness (QED) is 0.0867. The summed E-state index contributed by atoms with van der Waals surface area (Å²) < 4.78 is 31.0. The van der Waals surface area contributed by atoms with Crippen LogP contribution in [0, 0.1) is 22.7 Å². The molecule has 4 N–H and O–H groups in total. The Morgan fingerprint density at radius 2 is 1.41 bits per heavy atom. The van der Waals surface area contributed by atoms with E-state index in [0.29, 0.717) is 18.5 Å². The predicted molar refractivity (Wildman–Crippen MR) is 252 cm³/mol. The maximum Gasteiger partial charge on any atom is 0.350 e. The maximum atomic E-state index is 15.8. The second kappa shape index (κ2) is 20.6. The number of hydrogen-bond donors (Lipinski definition) is 4. The minimum absolute atomic E-state index is 0.0228. The van der Waals surface area contributed by atoms with Gasteiger partial charge in [0.25, 0.3) is 5.91 Å². The van der Waals surface area contributed by atoms with E-state index in [1.165, 1.54) is 32.9 Å². The molecule has 17 nitrogen and oxygen atoms in total. The summed E-state index contributed by atoms with van der Waals surface area (Å²) in [6.07, 6.45) is -9.47. The molecule has 0 saturated heterocycles. The van der Waals surface area contributed by atoms with E-state index in [0.717, 1.165) is 6.92 Å². The summed E-state index contributed by atoms with van der Waals surface area (Å²) in [4.78, 5) is 112. The van der Waals surface area contributed by atoms with Crippen molar-refractivity contribution >= 4 is 47.4 Å². The van der Waals surface area contributed by atoms with E-state index in [9.17, 15) is 39.0 Å². The molecular formula is C54H62N2O15. The van der Waals surface area contributed by atoms with Gasteiger partial charge in [0.15, 0.2) is 11.9 Å². The number of amides is 2. The van der Waals surface area contributed by atoms with E-state index in [1.54, 1.807) is 99.6 Å². The summed E-state index contributed by atoms with van der Waals surface area (Å²) in [6.45, 7) is 10.4. The molecule has 17 heteroatoms. The summed E-state index contributed by atoms with van der Waals surface area (Å²) in [5, 5.41) is 31.7. The molecule has 0 unspecified atom stereocenters. The zero-order valence-corrected chi connectivity index (χ0v) is 40.9. The monoisotopic (exact) mass is 978 g/mol. The van der Waals surface area contributed by atoms with Crippen molar-refractivity contribution in [2.24, 2.45) is 22.7 Å². The Morgan fingerprint density at radius 3 is 1.97 bits per heavy atom. The number of nitrogens with one attached hydrogen (secondary N) is 2. The zero-order chi connectivity index (χ0) is 51.6. The van der Waals surface area contributed by atoms with Crippen LogP contribution in [0.25, 0.3) is 0 Å². The first-order chi connectivity index (χ1) is 33.6. The number of ether oxygens (including phenoxy) is 5. The van der Waals surface area contributed by atoms with Crippen molar-refractivity contribution in [3.63, 3.8) is 0 Å². The lowest BCUT2D eigenvalue weighted by Crippen LogP contribution is -2.78. The van der Waals surface area contributed by atoms with E-state index in [-0.39, 0.29) is 41.5 Å². The topological polar surface area (TPSA) is 247 Å². The van der Waals surface area contributed by atoms with E-state index in [2.05, 4.69) is 10.6 Å². The molecule has 71 heavy (non-hydrogen) atoms. The molecule has 0 radical (unpaired) electrons. The van der Waals surface area contributed by atoms with Gasteiger partial charge in [-0.25, -0.2) is 9.59 Å². The lowest BCUT2D eigenvalue weighted by molar-refractivity contribution is -0.296. The molecule has 3 aromatic carbocycles. The lowest BCUT2D eigenvalue weighted by Gasteiger charge is -2.68. The molecule has 11 atom stereocenters. The third-order valence-electron chi connectivity index (χ3n) is 15.2. The number of fused-ring (bicyclic) bond motifs is 5. The Morgan fingerprint density at radius 1 is 0.803 bits per heavy atom. The number of esters is 5. The van der Waals surface area contributed by atoms with Crippen molar-refractivity contribution in [1.82, 2.24) is 10.6 Å². The summed E-state index contributed by atoms with van der Waals surface area (Å²) in [5.74, 6) is -8.80. The molecule has 4 aliphatic carbocycles. The molecule has 0 aliphatic heterocycles. The normalized spacial score (nSPS) is 29.1. The van der Waals surface area contributed by atoms with Crippen molar-refractivity contribution in [2.75, 3.05) is 6.54 Å². The SMILES string of the molecule is CCNC(=O)CCC(=O)O[C@@H](C(=O)O[C@H]1C[C@@]2(O)[C@@H](OC(=O)c3ccccc3)[C@@H]3[C@]4(OC(C)=O)CC[C@@H]4C[C@H](O)[C@@]3(C)C(=O)[C@H](OC(C)=O)C(=C1C)C2(C)C)[C@@H](NC(=O)c1ccccc1)c1ccccc1. The van der Waals surface area contributed by atoms with Crippen LogP contribution in [-0.4, -0.2) is 106 Å². The summed E-state index contributed by atoms with van der Waals surface area (Å²) in [7, 11) is 0. The average Bonchev–Trinajstić information content (AvgIpc) is 3.33. The van der Waals surface area contributed by atoms with E-state index in [4.69, 9.17) is 23.7 Å². The Bertz CT molecular complexity index is 2580. The molecule has 3 aromatic rings. The molecule has 3 saturated carbocycles. The number of Topliss-reactive ketones (excluding diaryl/α,β-unsaturated/α-hetero) is 1. The van der Waals surface area contributed by atoms with Crippen molar-refractivity contribution in [1.29, 1.82) is 0 Å². The van der Waals surface area contributed by atoms with Gasteiger partial charge >= 0.3 is 29.8 Å². The van der Waals surface area contributed by atoms with E-state index in [1.807, 2.05) is 0 Å². The Kier molecular flexibility index (Phi) is 15.1. The predicted octanol–water partition coefficient (Wildman–Crippen LogP) is 5.21. The summed E-state index contributed by atoms with van der Waals surface area (Å²) in [5.41, 5.74) is -7.07. The summed E-state index contributed by atoms with van der Waals surface area (Å²) >= 11 is 0. The third-order valence-corrected chi connectivity index (χ3v) is 15.2. The Hall–Kier alpha value is -6.72. The van der Waals surface area contributed by atoms with Crippen molar-refractivity contribution in [3.05, 3.63) is 119 Å². The Balaban J connectivity index is 1.41. The van der Waals surface area contributed by atoms with Gasteiger partial charge in [-0.3, -0.25) is 28.8 Å². The first kappa shape index (κ1) is 52.1. The number of carbonyl (C=O) groups is 8. The van der Waals surface area contributed by atoms with E-state index < -0.39 is 131 Å². The lowest BCUT2D eigenvalue weighted by atomic mass is 9.41. The van der Waals surface area contributed by atoms with Gasteiger partial charge in [0.05, 0.1) is 29.4 Å². The van der Waals surface area contributed by atoms with Gasteiger partial charge < -0.3 is 44.5 Å². The number of aliphatic hydroxyl groups is 2. The minimum atomic E-state index is -2.42. The third kappa shape index (κ3) is 9.73. The fraction of sp³-hybridized carbons (Fsp3) is 0.481. The molecule has 0 spiro atoms. The van der Waals surface area contributed by atoms with Crippen LogP contribution < -0.4 is 10.6 Å². The molecule has 378 valence electrons. The molecular weight excluding hydrogens is 917 g/mol. The standard InChI is InChI=1S/C54H62N2O15/c1-8-55-39(60)24-25-40(61)69-44(42(33-18-12-9-13-19-33)56-48(63)34-20-14-10-15-21-34)50(65)68-37-29-54(66)47(70-49(64)35-22-16-11-17-23-35)45-52(7,38(59)28-36-26-27-53(36,45)71-32(4)58)46(62)43(67-31(3)57)41(30(37)2)51(54,5)6/h9-23,36-38,42-45,47,59,66H,8,24-29H2,1-7H3,(H,55,60)(H,56,63)/t36-,37+,38+,42+,43-,44-,45+,47+,52-,53+,54-/m1/s1. The highest BCUT2D eigenvalue weighted by atomic mass is 16.6. The van der Waals surface area contributed by atoms with Crippen LogP contribution in [0.3, 0.4) is 0 Å². The average molecular weight is 979 g/mol. The number of ketones is 1. The van der Waals surface area contributed by atoms with Crippen LogP contribution in [0.5, 0.6) is 0 Å². The molecule has 4 aliphatic rings. The first-order valence-electron chi connectivity index (χ1n) is 24.0. The molecule has 2 amide bonds. The fourth-order valence-electron chi connectivity index (χ4n) is 11.5. The highest BCUT2D eigenvalue weighted by Crippen LogP contribution is 2.67. The number of carbonyl (C=O) groups excluding carboxylic acids is 8. The number of benzene rings is 3. The molecule has 0 aromatic heterocycles. The minimum Gasteiger partial charge on any atom is -0.458 e. The van der Waals surface area contributed by atoms with Crippen molar-refractivity contribution in [2.45, 2.75) is 135 Å². The molecule has 3 fully saturated rings. The molecule has 7 rings (SSSR count). The second-order valence-corrected chi connectivity index (χ2v) is 19.7. The molecule has 0 heterocycles. The fourth-order valence-corrected chi connectivity index (χ4v) is 11.5. The van der Waals surface area contributed by atoms with Crippen LogP contribution in [0.1, 0.15) is 119 Å². The second-order valence-electron chi connectivity index (χ2n) is 19.7. The smallest absolute Gasteiger partial charge is 0.350 e. The van der Waals surface area contributed by atoms with Crippen LogP contribution in [0.4, 0.5) is 0 Å². The van der Waals surface area contributed by atoms with Gasteiger partial charge in [0, 0.05) is 50.1 Å². The largest absolute Gasteiger partial charge is 0.458 e. The van der Waals surface area contributed by atoms with Crippen molar-refractivity contribution < 1.29 is 72.3 Å². The molecule has 2 bridgehead atoms. The van der Waals surface area contributed by atoms with Crippen LogP contribution in [-0.2, 0) is 52.5 Å². The zero-order valence-electron chi connectivity index (χ0n) is 40.9. The van der Waals surface area contributed by atoms with Gasteiger partial charge in [-0.2, -0.15) is 0 Å². The first-order valence-corrected chi connectivity index (χ1v) is 24.0. The summed E-state index contributed by atoms with van der Waals surface area (Å²) in [6, 6.07) is 22.7. The van der Waals surface area contributed by atoms with Crippen molar-refractivity contribution in [3.8, 4) is 0 Å². The van der Waals surface area contributed by atoms with E-state index >= 15 is 9.59 Å². The number of rotatable bonds is 15. The Labute approximate surface area is 412 Å². The number of aliphatic hydroxyl groups excluding tert-OH is 1. The van der Waals surface area contributed by atoms with Gasteiger partial charge in [0.2, 0.25) is 12.0 Å². The maximum absolute atomic E-state index is 15.8. The van der Waals surface area contributed by atoms with Crippen LogP contribution >= 0.6 is 0 Å². The highest BCUT2D eigenvalue weighted by molar-refractivity contribution is 5.96. The van der Waals surface area contributed by atoms with Gasteiger partial charge in [-0.15, -0.1) is 0 Å². The van der Waals surface area contributed by atoms with Crippen LogP contribution in [0.15, 0.2) is 102 Å². The highest BCUT2D eigenvalue weighted by Gasteiger charge is 2.77. The van der Waals surface area contributed by atoms with Gasteiger partial charge in [-0.05, 0) is 81.0 Å². The number of hydrogen-bond acceptors (Lipinski definition) is 15.